The van der Waals surface area contributed by atoms with Gasteiger partial charge in [0.15, 0.2) is 0 Å². The topological polar surface area (TPSA) is 101 Å². The van der Waals surface area contributed by atoms with Gasteiger partial charge < -0.3 is 9.73 Å². The molecule has 2 rings (SSSR count). The summed E-state index contributed by atoms with van der Waals surface area (Å²) in [4.78, 5) is 16.4. The maximum Gasteiger partial charge on any atom is 0.251 e. The third-order valence-electron chi connectivity index (χ3n) is 3.21. The zero-order valence-electron chi connectivity index (χ0n) is 13.2. The highest BCUT2D eigenvalue weighted by Gasteiger charge is 2.15. The highest BCUT2D eigenvalue weighted by atomic mass is 32.2. The van der Waals surface area contributed by atoms with Gasteiger partial charge in [-0.3, -0.25) is 4.79 Å². The second kappa shape index (κ2) is 6.93. The summed E-state index contributed by atoms with van der Waals surface area (Å²) in [5.41, 5.74) is 1.02. The van der Waals surface area contributed by atoms with E-state index in [1.807, 2.05) is 6.92 Å². The third kappa shape index (κ3) is 4.17. The summed E-state index contributed by atoms with van der Waals surface area (Å²) in [6.07, 6.45) is 0. The Hall–Kier alpha value is -2.19. The van der Waals surface area contributed by atoms with Crippen LogP contribution < -0.4 is 10.0 Å². The van der Waals surface area contributed by atoms with Crippen molar-refractivity contribution in [3.8, 4) is 0 Å². The first-order chi connectivity index (χ1) is 10.8. The maximum atomic E-state index is 12.2. The summed E-state index contributed by atoms with van der Waals surface area (Å²) in [6, 6.07) is 5.85. The average molecular weight is 337 g/mol. The molecule has 0 saturated heterocycles. The molecule has 1 amide bonds. The molecule has 1 aromatic heterocycles. The number of nitrogens with one attached hydrogen (secondary N) is 2. The predicted molar refractivity (Wildman–Crippen MR) is 84.5 cm³/mol. The molecule has 0 unspecified atom stereocenters. The molecule has 0 fully saturated rings. The van der Waals surface area contributed by atoms with Crippen LogP contribution in [0.3, 0.4) is 0 Å². The van der Waals surface area contributed by atoms with Crippen LogP contribution in [0.25, 0.3) is 0 Å². The molecule has 0 saturated carbocycles. The lowest BCUT2D eigenvalue weighted by atomic mass is 10.2. The van der Waals surface area contributed by atoms with Crippen molar-refractivity contribution in [2.24, 2.45) is 0 Å². The van der Waals surface area contributed by atoms with Crippen LogP contribution in [-0.4, -0.2) is 25.9 Å². The lowest BCUT2D eigenvalue weighted by Gasteiger charge is -2.07. The average Bonchev–Trinajstić information content (AvgIpc) is 2.83. The smallest absolute Gasteiger partial charge is 0.251 e. The predicted octanol–water partition coefficient (Wildman–Crippen LogP) is 1.52. The zero-order chi connectivity index (χ0) is 17.0. The zero-order valence-corrected chi connectivity index (χ0v) is 14.0. The van der Waals surface area contributed by atoms with E-state index in [1.54, 1.807) is 19.9 Å². The van der Waals surface area contributed by atoms with Crippen LogP contribution in [0.15, 0.2) is 33.6 Å². The van der Waals surface area contributed by atoms with Crippen molar-refractivity contribution in [3.05, 3.63) is 47.2 Å². The summed E-state index contributed by atoms with van der Waals surface area (Å²) < 4.78 is 31.7. The number of sulfonamides is 1. The molecule has 8 heteroatoms. The number of amides is 1. The molecule has 2 aromatic rings. The van der Waals surface area contributed by atoms with E-state index < -0.39 is 15.9 Å². The molecule has 0 bridgehead atoms. The number of nitrogens with zero attached hydrogens (tertiary/aromatic N) is 1. The quantitative estimate of drug-likeness (QED) is 0.832. The number of aryl methyl sites for hydroxylation is 2. The fourth-order valence-corrected chi connectivity index (χ4v) is 3.04. The summed E-state index contributed by atoms with van der Waals surface area (Å²) in [6.45, 7) is 5.72. The number of hydrogen-bond donors (Lipinski definition) is 2. The number of carbonyl (C=O) groups is 1. The Morgan fingerprint density at radius 3 is 2.65 bits per heavy atom. The number of oxazole rings is 1. The lowest BCUT2D eigenvalue weighted by Crippen LogP contribution is -2.25. The van der Waals surface area contributed by atoms with Crippen LogP contribution in [-0.2, 0) is 16.6 Å². The second-order valence-corrected chi connectivity index (χ2v) is 6.73. The first-order valence-electron chi connectivity index (χ1n) is 7.14. The molecular formula is C15H19N3O4S. The van der Waals surface area contributed by atoms with E-state index in [9.17, 15) is 13.2 Å². The second-order valence-electron chi connectivity index (χ2n) is 4.96. The fourth-order valence-electron chi connectivity index (χ4n) is 1.95. The molecule has 0 radical (unpaired) electrons. The van der Waals surface area contributed by atoms with Gasteiger partial charge in [-0.25, -0.2) is 18.1 Å². The van der Waals surface area contributed by atoms with Crippen LogP contribution in [0, 0.1) is 13.8 Å². The number of hydrogen-bond acceptors (Lipinski definition) is 5. The highest BCUT2D eigenvalue weighted by Crippen LogP contribution is 2.12. The first kappa shape index (κ1) is 17.2. The molecular weight excluding hydrogens is 318 g/mol. The Kier molecular flexibility index (Phi) is 5.17. The van der Waals surface area contributed by atoms with E-state index >= 15 is 0 Å². The van der Waals surface area contributed by atoms with E-state index in [2.05, 4.69) is 15.0 Å². The summed E-state index contributed by atoms with van der Waals surface area (Å²) in [7, 11) is -3.60. The van der Waals surface area contributed by atoms with Gasteiger partial charge in [0.05, 0.1) is 17.1 Å². The number of carbonyl (C=O) groups excluding carboxylic acids is 1. The first-order valence-corrected chi connectivity index (χ1v) is 8.62. The highest BCUT2D eigenvalue weighted by molar-refractivity contribution is 7.89. The van der Waals surface area contributed by atoms with Crippen LogP contribution in [0.2, 0.25) is 0 Å². The SMILES string of the molecule is CCNS(=O)(=O)c1cccc(C(=O)NCc2nc(C)c(C)o2)c1. The van der Waals surface area contributed by atoms with Gasteiger partial charge >= 0.3 is 0 Å². The molecule has 23 heavy (non-hydrogen) atoms. The Morgan fingerprint density at radius 1 is 1.30 bits per heavy atom. The molecule has 0 aliphatic rings. The van der Waals surface area contributed by atoms with Gasteiger partial charge in [-0.2, -0.15) is 0 Å². The molecule has 124 valence electrons. The molecule has 0 spiro atoms. The molecule has 1 heterocycles. The van der Waals surface area contributed by atoms with E-state index in [0.717, 1.165) is 5.69 Å². The van der Waals surface area contributed by atoms with Crippen molar-refractivity contribution >= 4 is 15.9 Å². The lowest BCUT2D eigenvalue weighted by molar-refractivity contribution is 0.0947. The van der Waals surface area contributed by atoms with Gasteiger partial charge in [0, 0.05) is 12.1 Å². The third-order valence-corrected chi connectivity index (χ3v) is 4.76. The molecule has 2 N–H and O–H groups in total. The van der Waals surface area contributed by atoms with Crippen LogP contribution in [0.1, 0.15) is 34.6 Å². The van der Waals surface area contributed by atoms with E-state index in [4.69, 9.17) is 4.42 Å². The van der Waals surface area contributed by atoms with Gasteiger partial charge in [0.25, 0.3) is 5.91 Å². The van der Waals surface area contributed by atoms with Crippen LogP contribution in [0.4, 0.5) is 0 Å². The number of rotatable bonds is 6. The Morgan fingerprint density at radius 2 is 2.04 bits per heavy atom. The van der Waals surface area contributed by atoms with Crippen LogP contribution in [0.5, 0.6) is 0 Å². The minimum Gasteiger partial charge on any atom is -0.444 e. The van der Waals surface area contributed by atoms with E-state index in [0.29, 0.717) is 11.7 Å². The minimum atomic E-state index is -3.60. The largest absolute Gasteiger partial charge is 0.444 e. The number of aromatic nitrogens is 1. The van der Waals surface area contributed by atoms with Crippen molar-refractivity contribution in [1.82, 2.24) is 15.0 Å². The van der Waals surface area contributed by atoms with Crippen molar-refractivity contribution in [1.29, 1.82) is 0 Å². The molecule has 0 atom stereocenters. The van der Waals surface area contributed by atoms with Crippen molar-refractivity contribution < 1.29 is 17.6 Å². The van der Waals surface area contributed by atoms with Crippen molar-refractivity contribution in [2.45, 2.75) is 32.2 Å². The Balaban J connectivity index is 2.11. The van der Waals surface area contributed by atoms with Gasteiger partial charge in [0.2, 0.25) is 15.9 Å². The molecule has 1 aromatic carbocycles. The Labute approximate surface area is 135 Å². The summed E-state index contributed by atoms with van der Waals surface area (Å²) >= 11 is 0. The van der Waals surface area contributed by atoms with Crippen molar-refractivity contribution in [3.63, 3.8) is 0 Å². The normalized spacial score (nSPS) is 11.4. The molecule has 7 nitrogen and oxygen atoms in total. The fraction of sp³-hybridized carbons (Fsp3) is 0.333. The minimum absolute atomic E-state index is 0.0508. The number of benzene rings is 1. The van der Waals surface area contributed by atoms with Crippen molar-refractivity contribution in [2.75, 3.05) is 6.54 Å². The van der Waals surface area contributed by atoms with Gasteiger partial charge in [-0.05, 0) is 32.0 Å². The Bertz CT molecular complexity index is 792. The van der Waals surface area contributed by atoms with Gasteiger partial charge in [-0.15, -0.1) is 0 Å². The molecule has 0 aliphatic heterocycles. The monoisotopic (exact) mass is 337 g/mol. The van der Waals surface area contributed by atoms with Gasteiger partial charge in [-0.1, -0.05) is 13.0 Å². The van der Waals surface area contributed by atoms with Gasteiger partial charge in [0.1, 0.15) is 5.76 Å². The molecule has 0 aliphatic carbocycles. The van der Waals surface area contributed by atoms with E-state index in [1.165, 1.54) is 18.2 Å². The summed E-state index contributed by atoms with van der Waals surface area (Å²) in [5, 5.41) is 2.66. The van der Waals surface area contributed by atoms with Crippen LogP contribution >= 0.6 is 0 Å². The standard InChI is InChI=1S/C15H19N3O4S/c1-4-17-23(20,21)13-7-5-6-12(8-13)15(19)16-9-14-18-10(2)11(3)22-14/h5-8,17H,4,9H2,1-3H3,(H,16,19). The summed E-state index contributed by atoms with van der Waals surface area (Å²) in [5.74, 6) is 0.713. The van der Waals surface area contributed by atoms with E-state index in [-0.39, 0.29) is 23.5 Å². The maximum absolute atomic E-state index is 12.2.